The Kier molecular flexibility index (Phi) is 8.38. The fraction of sp³-hybridized carbons (Fsp3) is 0.379. The number of methoxy groups -OCH3 is 1. The maximum Gasteiger partial charge on any atom is 0.407 e. The van der Waals surface area contributed by atoms with Gasteiger partial charge in [-0.25, -0.2) is 13.6 Å². The summed E-state index contributed by atoms with van der Waals surface area (Å²) in [6.45, 7) is 6.07. The Hall–Kier alpha value is -4.46. The number of likely N-dealkylation sites (tertiary alicyclic amines) is 1. The molecule has 0 radical (unpaired) electrons. The molecule has 9 nitrogen and oxygen atoms in total. The van der Waals surface area contributed by atoms with Crippen LogP contribution in [0.15, 0.2) is 42.6 Å². The maximum atomic E-state index is 14.6. The highest BCUT2D eigenvalue weighted by atomic mass is 19.1. The fourth-order valence-corrected chi connectivity index (χ4v) is 4.55. The summed E-state index contributed by atoms with van der Waals surface area (Å²) in [5.74, 6) is -1.45. The van der Waals surface area contributed by atoms with Crippen LogP contribution in [0.2, 0.25) is 0 Å². The van der Waals surface area contributed by atoms with Gasteiger partial charge in [0.05, 0.1) is 12.7 Å². The zero-order chi connectivity index (χ0) is 29.0. The Morgan fingerprint density at radius 2 is 1.88 bits per heavy atom. The number of halogens is 2. The van der Waals surface area contributed by atoms with Gasteiger partial charge < -0.3 is 19.7 Å². The van der Waals surface area contributed by atoms with E-state index in [4.69, 9.17) is 14.7 Å². The average molecular weight is 552 g/mol. The smallest absolute Gasteiger partial charge is 0.407 e. The molecule has 0 unspecified atom stereocenters. The first-order valence-electron chi connectivity index (χ1n) is 12.9. The lowest BCUT2D eigenvalue weighted by molar-refractivity contribution is -0.133. The third kappa shape index (κ3) is 6.75. The van der Waals surface area contributed by atoms with Crippen molar-refractivity contribution in [3.05, 3.63) is 59.8 Å². The number of alkyl carbamates (subject to hydrolysis) is 1. The molecule has 2 aromatic carbocycles. The number of amides is 2. The van der Waals surface area contributed by atoms with E-state index in [0.29, 0.717) is 48.3 Å². The molecule has 2 heterocycles. The number of aromatic nitrogens is 2. The van der Waals surface area contributed by atoms with Crippen molar-refractivity contribution in [2.45, 2.75) is 51.8 Å². The van der Waals surface area contributed by atoms with Gasteiger partial charge >= 0.3 is 6.09 Å². The molecule has 11 heteroatoms. The molecule has 0 spiro atoms. The Morgan fingerprint density at radius 1 is 1.15 bits per heavy atom. The van der Waals surface area contributed by atoms with Crippen molar-refractivity contribution in [1.82, 2.24) is 20.0 Å². The Morgan fingerprint density at radius 3 is 2.52 bits per heavy atom. The maximum absolute atomic E-state index is 14.6. The Balaban J connectivity index is 1.58. The predicted octanol–water partition coefficient (Wildman–Crippen LogP) is 4.89. The molecule has 1 N–H and O–H groups in total. The number of carbonyl (C=O) groups excluding carboxylic acids is 2. The third-order valence-electron chi connectivity index (χ3n) is 6.38. The Labute approximate surface area is 231 Å². The second-order valence-corrected chi connectivity index (χ2v) is 10.6. The number of benzene rings is 2. The molecular weight excluding hydrogens is 520 g/mol. The summed E-state index contributed by atoms with van der Waals surface area (Å²) in [6.07, 6.45) is 2.49. The molecule has 2 amide bonds. The minimum Gasteiger partial charge on any atom is -0.494 e. The number of carbonyl (C=O) groups is 2. The topological polar surface area (TPSA) is 109 Å². The van der Waals surface area contributed by atoms with Crippen molar-refractivity contribution in [2.75, 3.05) is 20.2 Å². The third-order valence-corrected chi connectivity index (χ3v) is 6.38. The van der Waals surface area contributed by atoms with Crippen molar-refractivity contribution in [3.8, 4) is 34.2 Å². The van der Waals surface area contributed by atoms with Gasteiger partial charge in [0.15, 0.2) is 11.6 Å². The van der Waals surface area contributed by atoms with E-state index in [9.17, 15) is 18.4 Å². The number of rotatable bonds is 6. The fourth-order valence-electron chi connectivity index (χ4n) is 4.55. The molecule has 0 saturated carbocycles. The van der Waals surface area contributed by atoms with Gasteiger partial charge in [-0.15, -0.1) is 0 Å². The molecule has 1 aliphatic rings. The number of piperidine rings is 1. The van der Waals surface area contributed by atoms with E-state index in [1.165, 1.54) is 36.1 Å². The minimum atomic E-state index is -0.714. The number of hydrogen-bond donors (Lipinski definition) is 1. The summed E-state index contributed by atoms with van der Waals surface area (Å²) < 4.78 is 40.8. The number of nitrogens with zero attached hydrogens (tertiary/aromatic N) is 4. The monoisotopic (exact) mass is 551 g/mol. The zero-order valence-corrected chi connectivity index (χ0v) is 22.8. The molecule has 3 aromatic rings. The zero-order valence-electron chi connectivity index (χ0n) is 22.8. The van der Waals surface area contributed by atoms with Gasteiger partial charge in [0.1, 0.15) is 29.7 Å². The van der Waals surface area contributed by atoms with Crippen molar-refractivity contribution in [2.24, 2.45) is 0 Å². The molecule has 40 heavy (non-hydrogen) atoms. The van der Waals surface area contributed by atoms with E-state index in [-0.39, 0.29) is 29.8 Å². The van der Waals surface area contributed by atoms with Crippen molar-refractivity contribution in [3.63, 3.8) is 0 Å². The van der Waals surface area contributed by atoms with Crippen LogP contribution in [0.5, 0.6) is 5.75 Å². The van der Waals surface area contributed by atoms with Gasteiger partial charge in [-0.05, 0) is 63.4 Å². The molecule has 1 aromatic heterocycles. The van der Waals surface area contributed by atoms with Crippen LogP contribution in [0, 0.1) is 23.0 Å². The first-order chi connectivity index (χ1) is 19.0. The number of hydrogen-bond acceptors (Lipinski definition) is 6. The van der Waals surface area contributed by atoms with E-state index >= 15 is 0 Å². The van der Waals surface area contributed by atoms with Crippen molar-refractivity contribution >= 4 is 12.0 Å². The second kappa shape index (κ2) is 11.7. The summed E-state index contributed by atoms with van der Waals surface area (Å²) in [5.41, 5.74) is 0.874. The van der Waals surface area contributed by atoms with E-state index in [1.54, 1.807) is 50.1 Å². The lowest BCUT2D eigenvalue weighted by Crippen LogP contribution is -2.51. The van der Waals surface area contributed by atoms with Gasteiger partial charge in [0, 0.05) is 36.5 Å². The largest absolute Gasteiger partial charge is 0.494 e. The lowest BCUT2D eigenvalue weighted by Gasteiger charge is -2.33. The van der Waals surface area contributed by atoms with Gasteiger partial charge in [0.2, 0.25) is 5.91 Å². The van der Waals surface area contributed by atoms with E-state index in [2.05, 4.69) is 10.4 Å². The molecule has 0 bridgehead atoms. The molecule has 1 fully saturated rings. The van der Waals surface area contributed by atoms with E-state index < -0.39 is 23.3 Å². The minimum absolute atomic E-state index is 0.0666. The van der Waals surface area contributed by atoms with Crippen LogP contribution in [-0.4, -0.2) is 58.5 Å². The van der Waals surface area contributed by atoms with Crippen LogP contribution in [0.3, 0.4) is 0 Å². The van der Waals surface area contributed by atoms with Crippen LogP contribution in [-0.2, 0) is 16.1 Å². The summed E-state index contributed by atoms with van der Waals surface area (Å²) in [6, 6.07) is 10.0. The Bertz CT molecular complexity index is 1460. The van der Waals surface area contributed by atoms with Crippen LogP contribution >= 0.6 is 0 Å². The highest BCUT2D eigenvalue weighted by molar-refractivity contribution is 5.82. The van der Waals surface area contributed by atoms with E-state index in [1.807, 2.05) is 0 Å². The van der Waals surface area contributed by atoms with Crippen LogP contribution < -0.4 is 10.1 Å². The van der Waals surface area contributed by atoms with Gasteiger partial charge in [-0.2, -0.15) is 10.4 Å². The molecule has 0 aliphatic carbocycles. The van der Waals surface area contributed by atoms with Gasteiger partial charge in [0.25, 0.3) is 0 Å². The molecule has 1 atom stereocenters. The summed E-state index contributed by atoms with van der Waals surface area (Å²) in [7, 11) is 1.36. The highest BCUT2D eigenvalue weighted by Gasteiger charge is 2.27. The number of nitriles is 1. The van der Waals surface area contributed by atoms with Gasteiger partial charge in [-0.1, -0.05) is 12.1 Å². The summed E-state index contributed by atoms with van der Waals surface area (Å²) in [5, 5.41) is 16.5. The molecule has 1 saturated heterocycles. The molecule has 4 rings (SSSR count). The molecule has 1 aliphatic heterocycles. The van der Waals surface area contributed by atoms with Crippen LogP contribution in [0.1, 0.15) is 39.2 Å². The molecular formula is C29H31F2N5O4. The summed E-state index contributed by atoms with van der Waals surface area (Å²) >= 11 is 0. The first kappa shape index (κ1) is 28.5. The second-order valence-electron chi connectivity index (χ2n) is 10.6. The number of nitrogens with one attached hydrogen (secondary N) is 1. The predicted molar refractivity (Wildman–Crippen MR) is 143 cm³/mol. The molecule has 210 valence electrons. The highest BCUT2D eigenvalue weighted by Crippen LogP contribution is 2.34. The summed E-state index contributed by atoms with van der Waals surface area (Å²) in [4.78, 5) is 27.1. The normalized spacial score (nSPS) is 15.3. The average Bonchev–Trinajstić information content (AvgIpc) is 3.31. The standard InChI is InChI=1S/C29H31F2N5O4/c1-29(2,3)40-28(38)33-21-6-5-11-35(15-21)26(37)17-36-16-22(18-9-10-25(39-4)24(31)12-18)27(34-36)19-7-8-20(14-32)23(30)13-19/h7-10,12-13,16,21H,5-6,11,15,17H2,1-4H3,(H,33,38)/t21-/m0/s1. The van der Waals surface area contributed by atoms with Crippen molar-refractivity contribution in [1.29, 1.82) is 5.26 Å². The van der Waals surface area contributed by atoms with Gasteiger partial charge in [-0.3, -0.25) is 9.48 Å². The van der Waals surface area contributed by atoms with Crippen LogP contribution in [0.25, 0.3) is 22.4 Å². The first-order valence-corrected chi connectivity index (χ1v) is 12.9. The van der Waals surface area contributed by atoms with E-state index in [0.717, 1.165) is 0 Å². The number of ether oxygens (including phenoxy) is 2. The van der Waals surface area contributed by atoms with Crippen LogP contribution in [0.4, 0.5) is 13.6 Å². The SMILES string of the molecule is COc1ccc(-c2cn(CC(=O)N3CCC[C@H](NC(=O)OC(C)(C)C)C3)nc2-c2ccc(C#N)c(F)c2)cc1F. The van der Waals surface area contributed by atoms with Crippen molar-refractivity contribution < 1.29 is 27.8 Å². The quantitative estimate of drug-likeness (QED) is 0.467. The lowest BCUT2D eigenvalue weighted by atomic mass is 10.0.